The molecule has 0 radical (unpaired) electrons. The SMILES string of the molecule is COC(=O)C(Cc1ccc(OCc2cnc3ccc(OC)cc3c2OC(C)C)cc1)C(=O)OC.Cl. The highest BCUT2D eigenvalue weighted by Crippen LogP contribution is 2.33. The van der Waals surface area contributed by atoms with Gasteiger partial charge in [0.2, 0.25) is 0 Å². The van der Waals surface area contributed by atoms with Crippen molar-refractivity contribution in [1.82, 2.24) is 4.98 Å². The second kappa shape index (κ2) is 12.8. The molecule has 0 N–H and O–H groups in total. The van der Waals surface area contributed by atoms with Crippen LogP contribution in [0.5, 0.6) is 17.2 Å². The first-order chi connectivity index (χ1) is 16.4. The molecular weight excluding hydrogens is 474 g/mol. The standard InChI is InChI=1S/C26H29NO7.ClH/c1-16(2)34-24-18(14-27-23-11-10-20(30-3)13-21(23)24)15-33-19-8-6-17(7-9-19)12-22(25(28)31-4)26(29)32-5;/h6-11,13-14,16,22H,12,15H2,1-5H3;1H. The van der Waals surface area contributed by atoms with Crippen molar-refractivity contribution in [3.8, 4) is 17.2 Å². The number of rotatable bonds is 10. The molecule has 0 bridgehead atoms. The molecule has 0 aliphatic rings. The Balaban J connectivity index is 0.00000432. The average Bonchev–Trinajstić information content (AvgIpc) is 2.86. The van der Waals surface area contributed by atoms with Gasteiger partial charge in [0.1, 0.15) is 23.9 Å². The number of benzene rings is 2. The Labute approximate surface area is 210 Å². The Morgan fingerprint density at radius 3 is 2.11 bits per heavy atom. The van der Waals surface area contributed by atoms with Crippen LogP contribution in [0.1, 0.15) is 25.0 Å². The van der Waals surface area contributed by atoms with Gasteiger partial charge in [0.15, 0.2) is 5.92 Å². The first-order valence-corrected chi connectivity index (χ1v) is 10.9. The number of methoxy groups -OCH3 is 3. The highest BCUT2D eigenvalue weighted by molar-refractivity contribution is 5.95. The molecule has 0 saturated heterocycles. The number of carbonyl (C=O) groups excluding carboxylic acids is 2. The van der Waals surface area contributed by atoms with Gasteiger partial charge < -0.3 is 23.7 Å². The van der Waals surface area contributed by atoms with Crippen LogP contribution in [-0.2, 0) is 32.1 Å². The predicted molar refractivity (Wildman–Crippen MR) is 133 cm³/mol. The Bertz CT molecular complexity index is 1130. The number of ether oxygens (including phenoxy) is 5. The smallest absolute Gasteiger partial charge is 0.320 e. The van der Waals surface area contributed by atoms with E-state index in [0.717, 1.165) is 22.0 Å². The van der Waals surface area contributed by atoms with Crippen LogP contribution in [0.15, 0.2) is 48.7 Å². The fraction of sp³-hybridized carbons (Fsp3) is 0.346. The highest BCUT2D eigenvalue weighted by Gasteiger charge is 2.28. The molecule has 0 saturated carbocycles. The second-order valence-corrected chi connectivity index (χ2v) is 7.90. The number of esters is 2. The van der Waals surface area contributed by atoms with Crippen LogP contribution in [0.4, 0.5) is 0 Å². The van der Waals surface area contributed by atoms with Crippen molar-refractivity contribution >= 4 is 35.2 Å². The van der Waals surface area contributed by atoms with E-state index in [1.54, 1.807) is 37.6 Å². The van der Waals surface area contributed by atoms with Gasteiger partial charge in [0, 0.05) is 11.6 Å². The molecule has 0 spiro atoms. The summed E-state index contributed by atoms with van der Waals surface area (Å²) >= 11 is 0. The molecular formula is C26H30ClNO7. The molecule has 35 heavy (non-hydrogen) atoms. The van der Waals surface area contributed by atoms with Crippen molar-refractivity contribution in [2.45, 2.75) is 33.0 Å². The molecule has 1 aromatic heterocycles. The number of hydrogen-bond donors (Lipinski definition) is 0. The minimum Gasteiger partial charge on any atom is -0.497 e. The highest BCUT2D eigenvalue weighted by atomic mass is 35.5. The van der Waals surface area contributed by atoms with Gasteiger partial charge in [0.25, 0.3) is 0 Å². The zero-order chi connectivity index (χ0) is 24.7. The lowest BCUT2D eigenvalue weighted by Gasteiger charge is -2.17. The van der Waals surface area contributed by atoms with Crippen LogP contribution in [-0.4, -0.2) is 44.4 Å². The zero-order valence-corrected chi connectivity index (χ0v) is 21.2. The maximum atomic E-state index is 11.9. The van der Waals surface area contributed by atoms with E-state index < -0.39 is 17.9 Å². The summed E-state index contributed by atoms with van der Waals surface area (Å²) in [4.78, 5) is 28.4. The topological polar surface area (TPSA) is 93.2 Å². The van der Waals surface area contributed by atoms with Gasteiger partial charge in [-0.2, -0.15) is 0 Å². The van der Waals surface area contributed by atoms with Crippen LogP contribution in [0.25, 0.3) is 10.9 Å². The summed E-state index contributed by atoms with van der Waals surface area (Å²) in [6, 6.07) is 12.8. The maximum Gasteiger partial charge on any atom is 0.320 e. The molecule has 0 aliphatic carbocycles. The quantitative estimate of drug-likeness (QED) is 0.294. The molecule has 0 aliphatic heterocycles. The Morgan fingerprint density at radius 1 is 0.914 bits per heavy atom. The molecule has 0 unspecified atom stereocenters. The van der Waals surface area contributed by atoms with Gasteiger partial charge in [-0.05, 0) is 56.2 Å². The van der Waals surface area contributed by atoms with Crippen molar-refractivity contribution in [3.05, 3.63) is 59.8 Å². The third kappa shape index (κ3) is 6.99. The second-order valence-electron chi connectivity index (χ2n) is 7.90. The van der Waals surface area contributed by atoms with Crippen LogP contribution in [0.2, 0.25) is 0 Å². The number of carbonyl (C=O) groups is 2. The first-order valence-electron chi connectivity index (χ1n) is 10.9. The minimum atomic E-state index is -1.02. The number of nitrogens with zero attached hydrogens (tertiary/aromatic N) is 1. The van der Waals surface area contributed by atoms with E-state index in [1.165, 1.54) is 14.2 Å². The molecule has 1 heterocycles. The third-order valence-electron chi connectivity index (χ3n) is 5.18. The molecule has 9 heteroatoms. The van der Waals surface area contributed by atoms with E-state index in [-0.39, 0.29) is 31.5 Å². The van der Waals surface area contributed by atoms with Gasteiger partial charge in [0.05, 0.1) is 38.5 Å². The fourth-order valence-electron chi connectivity index (χ4n) is 3.46. The van der Waals surface area contributed by atoms with E-state index in [2.05, 4.69) is 4.98 Å². The van der Waals surface area contributed by atoms with Gasteiger partial charge in [-0.15, -0.1) is 12.4 Å². The van der Waals surface area contributed by atoms with Crippen LogP contribution in [0, 0.1) is 5.92 Å². The Kier molecular flexibility index (Phi) is 10.1. The average molecular weight is 504 g/mol. The molecule has 0 amide bonds. The number of pyridine rings is 1. The summed E-state index contributed by atoms with van der Waals surface area (Å²) in [6.45, 7) is 4.17. The molecule has 8 nitrogen and oxygen atoms in total. The van der Waals surface area contributed by atoms with Gasteiger partial charge in [-0.25, -0.2) is 0 Å². The summed E-state index contributed by atoms with van der Waals surface area (Å²) in [5, 5.41) is 0.848. The monoisotopic (exact) mass is 503 g/mol. The summed E-state index contributed by atoms with van der Waals surface area (Å²) in [5.41, 5.74) is 2.38. The summed E-state index contributed by atoms with van der Waals surface area (Å²) < 4.78 is 26.9. The number of aromatic nitrogens is 1. The summed E-state index contributed by atoms with van der Waals surface area (Å²) in [6.07, 6.45) is 1.88. The first kappa shape index (κ1) is 27.7. The Hall–Kier alpha value is -3.52. The van der Waals surface area contributed by atoms with Crippen molar-refractivity contribution in [2.75, 3.05) is 21.3 Å². The number of halogens is 1. The van der Waals surface area contributed by atoms with Crippen molar-refractivity contribution in [3.63, 3.8) is 0 Å². The lowest BCUT2D eigenvalue weighted by molar-refractivity contribution is -0.158. The van der Waals surface area contributed by atoms with E-state index in [9.17, 15) is 9.59 Å². The Morgan fingerprint density at radius 2 is 1.54 bits per heavy atom. The van der Waals surface area contributed by atoms with Crippen LogP contribution >= 0.6 is 12.4 Å². The van der Waals surface area contributed by atoms with Crippen molar-refractivity contribution in [2.24, 2.45) is 5.92 Å². The molecule has 3 aromatic rings. The number of hydrogen-bond acceptors (Lipinski definition) is 8. The summed E-state index contributed by atoms with van der Waals surface area (Å²) in [7, 11) is 4.10. The fourth-order valence-corrected chi connectivity index (χ4v) is 3.46. The molecule has 0 fully saturated rings. The third-order valence-corrected chi connectivity index (χ3v) is 5.18. The van der Waals surface area contributed by atoms with Crippen molar-refractivity contribution in [1.29, 1.82) is 0 Å². The molecule has 188 valence electrons. The van der Waals surface area contributed by atoms with Crippen molar-refractivity contribution < 1.29 is 33.3 Å². The van der Waals surface area contributed by atoms with E-state index in [4.69, 9.17) is 23.7 Å². The van der Waals surface area contributed by atoms with Crippen LogP contribution in [0.3, 0.4) is 0 Å². The predicted octanol–water partition coefficient (Wildman–Crippen LogP) is 4.54. The van der Waals surface area contributed by atoms with Gasteiger partial charge >= 0.3 is 11.9 Å². The number of fused-ring (bicyclic) bond motifs is 1. The molecule has 2 aromatic carbocycles. The van der Waals surface area contributed by atoms with Gasteiger partial charge in [-0.1, -0.05) is 12.1 Å². The maximum absolute atomic E-state index is 11.9. The minimum absolute atomic E-state index is 0. The lowest BCUT2D eigenvalue weighted by Crippen LogP contribution is -2.28. The normalized spacial score (nSPS) is 10.6. The summed E-state index contributed by atoms with van der Waals surface area (Å²) in [5.74, 6) is -0.241. The largest absolute Gasteiger partial charge is 0.497 e. The van der Waals surface area contributed by atoms with E-state index in [1.807, 2.05) is 32.0 Å². The zero-order valence-electron chi connectivity index (χ0n) is 20.4. The van der Waals surface area contributed by atoms with E-state index in [0.29, 0.717) is 17.2 Å². The molecule has 0 atom stereocenters. The van der Waals surface area contributed by atoms with Gasteiger partial charge in [-0.3, -0.25) is 14.6 Å². The molecule has 3 rings (SSSR count). The van der Waals surface area contributed by atoms with Crippen LogP contribution < -0.4 is 14.2 Å². The van der Waals surface area contributed by atoms with E-state index >= 15 is 0 Å². The lowest BCUT2D eigenvalue weighted by atomic mass is 9.99.